The van der Waals surface area contributed by atoms with Crippen LogP contribution in [-0.4, -0.2) is 19.0 Å². The van der Waals surface area contributed by atoms with Gasteiger partial charge in [0.15, 0.2) is 0 Å². The molecule has 0 aliphatic rings. The summed E-state index contributed by atoms with van der Waals surface area (Å²) in [5.41, 5.74) is 2.11. The van der Waals surface area contributed by atoms with Crippen LogP contribution in [0.2, 0.25) is 10.0 Å². The summed E-state index contributed by atoms with van der Waals surface area (Å²) < 4.78 is 12.0. The van der Waals surface area contributed by atoms with Gasteiger partial charge in [-0.15, -0.1) is 0 Å². The van der Waals surface area contributed by atoms with E-state index in [1.807, 2.05) is 6.07 Å². The van der Waals surface area contributed by atoms with Gasteiger partial charge in [-0.05, 0) is 98.7 Å². The summed E-state index contributed by atoms with van der Waals surface area (Å²) in [6.45, 7) is 0.237. The Morgan fingerprint density at radius 3 is 2.46 bits per heavy atom. The fourth-order valence-electron chi connectivity index (χ4n) is 2.91. The van der Waals surface area contributed by atoms with Crippen LogP contribution in [-0.2, 0) is 16.1 Å². The SMILES string of the molecule is COC(=O)c1ccc(NC(=O)/C(C#N)=C/c2cc(Br)c(OCc3ccc(Cl)cc3Cl)c(I)c2)cc1. The first-order valence-corrected chi connectivity index (χ1v) is 12.5. The second-order valence-corrected chi connectivity index (χ2v) is 9.89. The Balaban J connectivity index is 1.75. The van der Waals surface area contributed by atoms with E-state index < -0.39 is 11.9 Å². The molecule has 0 radical (unpaired) electrons. The Kier molecular flexibility index (Phi) is 9.57. The molecule has 0 aromatic heterocycles. The van der Waals surface area contributed by atoms with Crippen LogP contribution in [0.25, 0.3) is 6.08 Å². The second-order valence-electron chi connectivity index (χ2n) is 7.03. The predicted molar refractivity (Wildman–Crippen MR) is 148 cm³/mol. The first-order chi connectivity index (χ1) is 16.7. The molecule has 0 atom stereocenters. The molecule has 3 aromatic rings. The van der Waals surface area contributed by atoms with Gasteiger partial charge < -0.3 is 14.8 Å². The number of benzene rings is 3. The van der Waals surface area contributed by atoms with E-state index in [9.17, 15) is 14.9 Å². The van der Waals surface area contributed by atoms with Gasteiger partial charge >= 0.3 is 5.97 Å². The first kappa shape index (κ1) is 27.0. The summed E-state index contributed by atoms with van der Waals surface area (Å²) in [7, 11) is 1.29. The molecule has 0 fully saturated rings. The third-order valence-corrected chi connectivity index (χ3v) is 6.62. The third kappa shape index (κ3) is 7.21. The molecule has 0 aliphatic carbocycles. The number of halogens is 4. The smallest absolute Gasteiger partial charge is 0.337 e. The molecule has 3 rings (SSSR count). The number of methoxy groups -OCH3 is 1. The predicted octanol–water partition coefficient (Wildman–Crippen LogP) is 7.27. The lowest BCUT2D eigenvalue weighted by Gasteiger charge is -2.13. The van der Waals surface area contributed by atoms with E-state index in [2.05, 4.69) is 48.6 Å². The summed E-state index contributed by atoms with van der Waals surface area (Å²) in [6, 6.07) is 16.8. The molecule has 10 heteroatoms. The molecule has 0 saturated carbocycles. The number of nitrogens with zero attached hydrogens (tertiary/aromatic N) is 1. The van der Waals surface area contributed by atoms with Gasteiger partial charge in [0.05, 0.1) is 20.7 Å². The Labute approximate surface area is 234 Å². The summed E-state index contributed by atoms with van der Waals surface area (Å²) in [5, 5.41) is 13.2. The van der Waals surface area contributed by atoms with Crippen molar-refractivity contribution < 1.29 is 19.1 Å². The van der Waals surface area contributed by atoms with Crippen LogP contribution in [0.4, 0.5) is 5.69 Å². The lowest BCUT2D eigenvalue weighted by Crippen LogP contribution is -2.13. The van der Waals surface area contributed by atoms with Crippen molar-refractivity contribution >= 4 is 85.4 Å². The zero-order chi connectivity index (χ0) is 25.5. The van der Waals surface area contributed by atoms with Crippen LogP contribution in [0.3, 0.4) is 0 Å². The fraction of sp³-hybridized carbons (Fsp3) is 0.0800. The molecule has 0 unspecified atom stereocenters. The van der Waals surface area contributed by atoms with Crippen LogP contribution >= 0.6 is 61.7 Å². The highest BCUT2D eigenvalue weighted by Gasteiger charge is 2.14. The number of hydrogen-bond acceptors (Lipinski definition) is 5. The topological polar surface area (TPSA) is 88.4 Å². The number of anilines is 1. The van der Waals surface area contributed by atoms with Gasteiger partial charge in [-0.3, -0.25) is 4.79 Å². The number of nitriles is 1. The summed E-state index contributed by atoms with van der Waals surface area (Å²) >= 11 is 17.8. The number of ether oxygens (including phenoxy) is 2. The first-order valence-electron chi connectivity index (χ1n) is 9.89. The zero-order valence-electron chi connectivity index (χ0n) is 18.1. The van der Waals surface area contributed by atoms with Gasteiger partial charge in [0, 0.05) is 21.3 Å². The maximum Gasteiger partial charge on any atom is 0.337 e. The molecule has 0 aliphatic heterocycles. The van der Waals surface area contributed by atoms with Crippen molar-refractivity contribution in [1.82, 2.24) is 0 Å². The molecular weight excluding hydrogens is 670 g/mol. The molecule has 0 spiro atoms. The number of carbonyl (C=O) groups excluding carboxylic acids is 2. The van der Waals surface area contributed by atoms with Crippen molar-refractivity contribution in [2.24, 2.45) is 0 Å². The maximum absolute atomic E-state index is 12.6. The zero-order valence-corrected chi connectivity index (χ0v) is 23.3. The number of nitrogens with one attached hydrogen (secondary N) is 1. The van der Waals surface area contributed by atoms with Crippen molar-refractivity contribution in [3.8, 4) is 11.8 Å². The summed E-state index contributed by atoms with van der Waals surface area (Å²) in [6.07, 6.45) is 1.48. The van der Waals surface area contributed by atoms with Gasteiger partial charge in [0.1, 0.15) is 24.0 Å². The Morgan fingerprint density at radius 2 is 1.86 bits per heavy atom. The largest absolute Gasteiger partial charge is 0.487 e. The summed E-state index contributed by atoms with van der Waals surface area (Å²) in [4.78, 5) is 24.2. The van der Waals surface area contributed by atoms with E-state index in [-0.39, 0.29) is 12.2 Å². The molecule has 0 saturated heterocycles. The minimum absolute atomic E-state index is 0.0913. The highest BCUT2D eigenvalue weighted by atomic mass is 127. The lowest BCUT2D eigenvalue weighted by molar-refractivity contribution is -0.112. The molecule has 6 nitrogen and oxygen atoms in total. The average Bonchev–Trinajstić information content (AvgIpc) is 2.83. The van der Waals surface area contributed by atoms with Crippen molar-refractivity contribution in [3.05, 3.63) is 94.9 Å². The molecule has 1 amide bonds. The summed E-state index contributed by atoms with van der Waals surface area (Å²) in [5.74, 6) is -0.464. The molecule has 0 bridgehead atoms. The average molecular weight is 686 g/mol. The standard InChI is InChI=1S/C25H16BrCl2IN2O4/c1-34-25(33)15-3-6-19(7-4-15)31-24(32)17(12-30)8-14-9-20(26)23(22(29)10-14)35-13-16-2-5-18(27)11-21(16)28/h2-11H,13H2,1H3,(H,31,32)/b17-8+. The second kappa shape index (κ2) is 12.4. The van der Waals surface area contributed by atoms with E-state index in [1.165, 1.54) is 25.3 Å². The monoisotopic (exact) mass is 684 g/mol. The van der Waals surface area contributed by atoms with Crippen molar-refractivity contribution in [3.63, 3.8) is 0 Å². The normalized spacial score (nSPS) is 10.9. The highest BCUT2D eigenvalue weighted by Crippen LogP contribution is 2.34. The van der Waals surface area contributed by atoms with Gasteiger partial charge in [-0.1, -0.05) is 29.3 Å². The van der Waals surface area contributed by atoms with E-state index >= 15 is 0 Å². The molecule has 35 heavy (non-hydrogen) atoms. The van der Waals surface area contributed by atoms with E-state index in [0.29, 0.717) is 37.1 Å². The third-order valence-electron chi connectivity index (χ3n) is 4.65. The number of rotatable bonds is 7. The van der Waals surface area contributed by atoms with Crippen LogP contribution in [0.15, 0.2) is 64.6 Å². The fourth-order valence-corrected chi connectivity index (χ4v) is 5.14. The van der Waals surface area contributed by atoms with Crippen LogP contribution in [0.1, 0.15) is 21.5 Å². The quantitative estimate of drug-likeness (QED) is 0.122. The van der Waals surface area contributed by atoms with Gasteiger partial charge in [-0.2, -0.15) is 5.26 Å². The minimum Gasteiger partial charge on any atom is -0.487 e. The molecular formula is C25H16BrCl2IN2O4. The van der Waals surface area contributed by atoms with Crippen LogP contribution in [0, 0.1) is 14.9 Å². The Bertz CT molecular complexity index is 1330. The molecule has 0 heterocycles. The van der Waals surface area contributed by atoms with E-state index in [4.69, 9.17) is 27.9 Å². The van der Waals surface area contributed by atoms with E-state index in [1.54, 1.807) is 42.5 Å². The molecule has 3 aromatic carbocycles. The highest BCUT2D eigenvalue weighted by molar-refractivity contribution is 14.1. The van der Waals surface area contributed by atoms with Gasteiger partial charge in [-0.25, -0.2) is 4.79 Å². The number of hydrogen-bond donors (Lipinski definition) is 1. The lowest BCUT2D eigenvalue weighted by atomic mass is 10.1. The maximum atomic E-state index is 12.6. The van der Waals surface area contributed by atoms with Gasteiger partial charge in [0.25, 0.3) is 5.91 Å². The molecule has 1 N–H and O–H groups in total. The van der Waals surface area contributed by atoms with Crippen molar-refractivity contribution in [2.75, 3.05) is 12.4 Å². The minimum atomic E-state index is -0.581. The van der Waals surface area contributed by atoms with Crippen LogP contribution < -0.4 is 10.1 Å². The van der Waals surface area contributed by atoms with Crippen molar-refractivity contribution in [2.45, 2.75) is 6.61 Å². The molecule has 178 valence electrons. The van der Waals surface area contributed by atoms with E-state index in [0.717, 1.165) is 9.13 Å². The number of amides is 1. The number of esters is 1. The number of carbonyl (C=O) groups is 2. The van der Waals surface area contributed by atoms with Gasteiger partial charge in [0.2, 0.25) is 0 Å². The van der Waals surface area contributed by atoms with Crippen LogP contribution in [0.5, 0.6) is 5.75 Å². The Morgan fingerprint density at radius 1 is 1.14 bits per heavy atom. The Hall–Kier alpha value is -2.58. The van der Waals surface area contributed by atoms with Crippen molar-refractivity contribution in [1.29, 1.82) is 5.26 Å².